The molecule has 1 heterocycles. The van der Waals surface area contributed by atoms with Crippen molar-refractivity contribution < 1.29 is 18.3 Å². The third-order valence-electron chi connectivity index (χ3n) is 3.45. The normalized spacial score (nSPS) is 19.1. The maximum atomic E-state index is 12.1. The number of nitrogens with one attached hydrogen (secondary N) is 1. The number of rotatable bonds is 5. The number of aromatic nitrogens is 1. The van der Waals surface area contributed by atoms with Crippen LogP contribution in [0.4, 0.5) is 0 Å². The minimum atomic E-state index is -3.65. The molecule has 1 aliphatic carbocycles. The zero-order valence-corrected chi connectivity index (χ0v) is 12.1. The molecule has 20 heavy (non-hydrogen) atoms. The zero-order valence-electron chi connectivity index (χ0n) is 11.2. The van der Waals surface area contributed by atoms with Crippen LogP contribution in [0.25, 0.3) is 0 Å². The predicted octanol–water partition coefficient (Wildman–Crippen LogP) is 1.36. The highest BCUT2D eigenvalue weighted by atomic mass is 32.2. The monoisotopic (exact) mass is 298 g/mol. The molecule has 0 bridgehead atoms. The van der Waals surface area contributed by atoms with Crippen LogP contribution in [0.15, 0.2) is 29.3 Å². The van der Waals surface area contributed by atoms with Gasteiger partial charge in [-0.2, -0.15) is 0 Å². The molecule has 0 amide bonds. The first kappa shape index (κ1) is 14.8. The second-order valence-electron chi connectivity index (χ2n) is 4.98. The third kappa shape index (κ3) is 3.29. The van der Waals surface area contributed by atoms with E-state index in [1.54, 1.807) is 0 Å². The Morgan fingerprint density at radius 2 is 2.25 bits per heavy atom. The number of nitrogens with zero attached hydrogens (tertiary/aromatic N) is 1. The second kappa shape index (κ2) is 5.80. The fraction of sp³-hybridized carbons (Fsp3) is 0.462. The van der Waals surface area contributed by atoms with Crippen LogP contribution in [0.5, 0.6) is 0 Å². The number of aromatic carboxylic acids is 1. The van der Waals surface area contributed by atoms with Crippen molar-refractivity contribution in [3.63, 3.8) is 0 Å². The number of allylic oxidation sites excluding steroid dienone is 2. The molecule has 0 fully saturated rings. The van der Waals surface area contributed by atoms with Crippen molar-refractivity contribution in [3.05, 3.63) is 30.1 Å². The van der Waals surface area contributed by atoms with Gasteiger partial charge in [0.15, 0.2) is 0 Å². The highest BCUT2D eigenvalue weighted by molar-refractivity contribution is 7.89. The van der Waals surface area contributed by atoms with Crippen LogP contribution in [0.2, 0.25) is 0 Å². The Morgan fingerprint density at radius 3 is 2.80 bits per heavy atom. The molecule has 2 rings (SSSR count). The van der Waals surface area contributed by atoms with Crippen LogP contribution in [-0.4, -0.2) is 30.6 Å². The highest BCUT2D eigenvalue weighted by Gasteiger charge is 2.21. The molecule has 0 unspecified atom stereocenters. The molecule has 1 atom stereocenters. The predicted molar refractivity (Wildman–Crippen MR) is 74.0 cm³/mol. The van der Waals surface area contributed by atoms with Gasteiger partial charge in [0.1, 0.15) is 10.6 Å². The lowest BCUT2D eigenvalue weighted by atomic mass is 9.95. The van der Waals surface area contributed by atoms with Crippen LogP contribution in [0.3, 0.4) is 0 Å². The van der Waals surface area contributed by atoms with Gasteiger partial charge in [0.2, 0.25) is 10.0 Å². The Morgan fingerprint density at radius 1 is 1.50 bits per heavy atom. The topological polar surface area (TPSA) is 88.4 Å². The van der Waals surface area contributed by atoms with E-state index in [-0.39, 0.29) is 10.6 Å². The molecular weight excluding hydrogens is 280 g/mol. The quantitative estimate of drug-likeness (QED) is 0.803. The first-order chi connectivity index (χ1) is 9.40. The van der Waals surface area contributed by atoms with Crippen LogP contribution in [0, 0.1) is 5.92 Å². The summed E-state index contributed by atoms with van der Waals surface area (Å²) in [5, 5.41) is 8.93. The van der Waals surface area contributed by atoms with Crippen molar-refractivity contribution in [3.8, 4) is 0 Å². The van der Waals surface area contributed by atoms with Crippen molar-refractivity contribution >= 4 is 16.0 Å². The molecule has 7 heteroatoms. The molecule has 1 aromatic heterocycles. The first-order valence-electron chi connectivity index (χ1n) is 6.44. The summed E-state index contributed by atoms with van der Waals surface area (Å²) < 4.78 is 28.1. The van der Waals surface area contributed by atoms with Gasteiger partial charge in [0, 0.05) is 19.8 Å². The number of hydrogen-bond donors (Lipinski definition) is 2. The number of carboxylic acid groups (broad SMARTS) is 1. The van der Waals surface area contributed by atoms with Crippen LogP contribution >= 0.6 is 0 Å². The minimum absolute atomic E-state index is 0.0104. The molecule has 0 saturated carbocycles. The largest absolute Gasteiger partial charge is 0.477 e. The van der Waals surface area contributed by atoms with Gasteiger partial charge in [-0.25, -0.2) is 17.9 Å². The fourth-order valence-electron chi connectivity index (χ4n) is 2.25. The van der Waals surface area contributed by atoms with Crippen LogP contribution in [0.1, 0.15) is 29.8 Å². The van der Waals surface area contributed by atoms with E-state index < -0.39 is 16.0 Å². The number of carboxylic acids is 1. The number of carbonyl (C=O) groups is 1. The van der Waals surface area contributed by atoms with Crippen molar-refractivity contribution in [2.75, 3.05) is 6.54 Å². The van der Waals surface area contributed by atoms with E-state index in [9.17, 15) is 13.2 Å². The van der Waals surface area contributed by atoms with Crippen molar-refractivity contribution in [1.29, 1.82) is 0 Å². The van der Waals surface area contributed by atoms with E-state index in [2.05, 4.69) is 16.9 Å². The SMILES string of the molecule is Cn1cc(S(=O)(=O)NC[C@H]2CC=CCC2)cc1C(=O)O. The number of aryl methyl sites for hydroxylation is 1. The van der Waals surface area contributed by atoms with E-state index in [4.69, 9.17) is 5.11 Å². The van der Waals surface area contributed by atoms with Gasteiger partial charge in [0.25, 0.3) is 0 Å². The van der Waals surface area contributed by atoms with Gasteiger partial charge >= 0.3 is 5.97 Å². The van der Waals surface area contributed by atoms with E-state index in [0.717, 1.165) is 19.3 Å². The third-order valence-corrected chi connectivity index (χ3v) is 4.84. The number of hydrogen-bond acceptors (Lipinski definition) is 3. The average Bonchev–Trinajstić information content (AvgIpc) is 2.81. The van der Waals surface area contributed by atoms with Gasteiger partial charge in [0.05, 0.1) is 0 Å². The maximum absolute atomic E-state index is 12.1. The molecular formula is C13H18N2O4S. The summed E-state index contributed by atoms with van der Waals surface area (Å²) in [7, 11) is -2.14. The molecule has 110 valence electrons. The summed E-state index contributed by atoms with van der Waals surface area (Å²) in [4.78, 5) is 10.9. The molecule has 2 N–H and O–H groups in total. The second-order valence-corrected chi connectivity index (χ2v) is 6.75. The lowest BCUT2D eigenvalue weighted by Gasteiger charge is -2.17. The molecule has 0 aliphatic heterocycles. The first-order valence-corrected chi connectivity index (χ1v) is 7.93. The Balaban J connectivity index is 2.08. The van der Waals surface area contributed by atoms with Crippen molar-refractivity contribution in [2.45, 2.75) is 24.2 Å². The average molecular weight is 298 g/mol. The number of sulfonamides is 1. The summed E-state index contributed by atoms with van der Waals surface area (Å²) in [5.74, 6) is -0.844. The van der Waals surface area contributed by atoms with Crippen molar-refractivity contribution in [2.24, 2.45) is 13.0 Å². The molecule has 0 spiro atoms. The van der Waals surface area contributed by atoms with Crippen LogP contribution < -0.4 is 4.72 Å². The summed E-state index contributed by atoms with van der Waals surface area (Å²) in [5.41, 5.74) is -0.0500. The van der Waals surface area contributed by atoms with E-state index in [1.165, 1.54) is 23.9 Å². The zero-order chi connectivity index (χ0) is 14.8. The minimum Gasteiger partial charge on any atom is -0.477 e. The van der Waals surface area contributed by atoms with E-state index >= 15 is 0 Å². The Labute approximate surface area is 118 Å². The summed E-state index contributed by atoms with van der Waals surface area (Å²) in [6.07, 6.45) is 8.29. The lowest BCUT2D eigenvalue weighted by molar-refractivity contribution is 0.0686. The van der Waals surface area contributed by atoms with Gasteiger partial charge in [-0.3, -0.25) is 0 Å². The fourth-order valence-corrected chi connectivity index (χ4v) is 3.43. The smallest absolute Gasteiger partial charge is 0.352 e. The standard InChI is InChI=1S/C13H18N2O4S/c1-15-9-11(7-12(15)13(16)17)20(18,19)14-8-10-5-3-2-4-6-10/h2-3,7,9-10,14H,4-6,8H2,1H3,(H,16,17)/t10-/m0/s1. The highest BCUT2D eigenvalue weighted by Crippen LogP contribution is 2.19. The Kier molecular flexibility index (Phi) is 4.29. The van der Waals surface area contributed by atoms with Crippen molar-refractivity contribution in [1.82, 2.24) is 9.29 Å². The Bertz CT molecular complexity index is 631. The molecule has 1 aliphatic rings. The molecule has 0 saturated heterocycles. The van der Waals surface area contributed by atoms with Gasteiger partial charge in [-0.1, -0.05) is 12.2 Å². The molecule has 1 aromatic rings. The van der Waals surface area contributed by atoms with E-state index in [1.807, 2.05) is 0 Å². The summed E-state index contributed by atoms with van der Waals surface area (Å²) in [6.45, 7) is 0.379. The summed E-state index contributed by atoms with van der Waals surface area (Å²) >= 11 is 0. The maximum Gasteiger partial charge on any atom is 0.352 e. The molecule has 6 nitrogen and oxygen atoms in total. The molecule has 0 radical (unpaired) electrons. The van der Waals surface area contributed by atoms with E-state index in [0.29, 0.717) is 12.5 Å². The van der Waals surface area contributed by atoms with Gasteiger partial charge in [-0.15, -0.1) is 0 Å². The van der Waals surface area contributed by atoms with Gasteiger partial charge in [-0.05, 0) is 31.2 Å². The van der Waals surface area contributed by atoms with Gasteiger partial charge < -0.3 is 9.67 Å². The summed E-state index contributed by atoms with van der Waals surface area (Å²) in [6, 6.07) is 1.17. The van der Waals surface area contributed by atoms with Crippen LogP contribution in [-0.2, 0) is 17.1 Å². The molecule has 0 aromatic carbocycles. The Hall–Kier alpha value is -1.60. The lowest BCUT2D eigenvalue weighted by Crippen LogP contribution is -2.29.